The summed E-state index contributed by atoms with van der Waals surface area (Å²) in [6.07, 6.45) is 0. The zero-order valence-corrected chi connectivity index (χ0v) is 16.8. The Bertz CT molecular complexity index is 798. The average molecular weight is 369 g/mol. The standard InChI is InChI=1S/C22H28N2O3/c1-15(2)18-10-7-17(8-11-18)13-24(4)14-21(25)23-20-12-19(22(26)27-5)9-6-16(20)3/h6-12,15H,13-14H2,1-5H3,(H,23,25)/p+1. The van der Waals surface area contributed by atoms with Gasteiger partial charge in [-0.2, -0.15) is 0 Å². The fourth-order valence-corrected chi connectivity index (χ4v) is 2.90. The number of likely N-dealkylation sites (N-methyl/N-ethyl adjacent to an activating group) is 1. The summed E-state index contributed by atoms with van der Waals surface area (Å²) in [5, 5.41) is 2.90. The van der Waals surface area contributed by atoms with E-state index in [1.54, 1.807) is 18.2 Å². The van der Waals surface area contributed by atoms with Crippen LogP contribution in [0.2, 0.25) is 0 Å². The van der Waals surface area contributed by atoms with Gasteiger partial charge in [-0.05, 0) is 36.1 Å². The van der Waals surface area contributed by atoms with E-state index in [0.29, 0.717) is 23.7 Å². The Morgan fingerprint density at radius 1 is 1.11 bits per heavy atom. The molecule has 2 aromatic rings. The highest BCUT2D eigenvalue weighted by molar-refractivity contribution is 5.95. The molecular weight excluding hydrogens is 340 g/mol. The molecule has 0 aliphatic heterocycles. The number of carbonyl (C=O) groups is 2. The smallest absolute Gasteiger partial charge is 0.337 e. The van der Waals surface area contributed by atoms with Crippen molar-refractivity contribution in [3.05, 3.63) is 64.7 Å². The molecule has 5 nitrogen and oxygen atoms in total. The number of hydrogen-bond donors (Lipinski definition) is 2. The van der Waals surface area contributed by atoms with Crippen LogP contribution < -0.4 is 10.2 Å². The summed E-state index contributed by atoms with van der Waals surface area (Å²) in [4.78, 5) is 25.2. The van der Waals surface area contributed by atoms with Gasteiger partial charge < -0.3 is 15.0 Å². The molecule has 1 unspecified atom stereocenters. The molecule has 1 atom stereocenters. The number of hydrogen-bond acceptors (Lipinski definition) is 3. The molecule has 0 bridgehead atoms. The van der Waals surface area contributed by atoms with Crippen LogP contribution in [0.25, 0.3) is 0 Å². The van der Waals surface area contributed by atoms with E-state index >= 15 is 0 Å². The van der Waals surface area contributed by atoms with Gasteiger partial charge in [0.05, 0.1) is 19.7 Å². The maximum absolute atomic E-state index is 12.4. The van der Waals surface area contributed by atoms with E-state index < -0.39 is 5.97 Å². The molecule has 5 heteroatoms. The topological polar surface area (TPSA) is 59.8 Å². The fraction of sp³-hybridized carbons (Fsp3) is 0.364. The van der Waals surface area contributed by atoms with Crippen molar-refractivity contribution in [1.29, 1.82) is 0 Å². The molecule has 0 saturated heterocycles. The van der Waals surface area contributed by atoms with E-state index in [9.17, 15) is 9.59 Å². The molecule has 0 fully saturated rings. The van der Waals surface area contributed by atoms with E-state index in [1.807, 2.05) is 14.0 Å². The summed E-state index contributed by atoms with van der Waals surface area (Å²) in [6.45, 7) is 7.35. The molecule has 2 N–H and O–H groups in total. The van der Waals surface area contributed by atoms with Crippen LogP contribution in [0, 0.1) is 6.92 Å². The lowest BCUT2D eigenvalue weighted by atomic mass is 10.0. The van der Waals surface area contributed by atoms with E-state index in [-0.39, 0.29) is 5.91 Å². The molecule has 1 amide bonds. The van der Waals surface area contributed by atoms with Gasteiger partial charge in [-0.3, -0.25) is 4.79 Å². The second-order valence-electron chi connectivity index (χ2n) is 7.28. The highest BCUT2D eigenvalue weighted by Gasteiger charge is 2.14. The molecule has 0 radical (unpaired) electrons. The Hall–Kier alpha value is -2.66. The molecule has 0 aliphatic rings. The Balaban J connectivity index is 1.95. The number of quaternary nitrogens is 1. The summed E-state index contributed by atoms with van der Waals surface area (Å²) in [5.74, 6) is 0.00778. The zero-order chi connectivity index (χ0) is 20.0. The second kappa shape index (κ2) is 9.33. The van der Waals surface area contributed by atoms with Gasteiger partial charge in [0.15, 0.2) is 6.54 Å². The summed E-state index contributed by atoms with van der Waals surface area (Å²) < 4.78 is 4.73. The van der Waals surface area contributed by atoms with Crippen LogP contribution in [0.1, 0.15) is 46.8 Å². The molecule has 0 saturated carbocycles. The lowest BCUT2D eigenvalue weighted by Crippen LogP contribution is -3.08. The van der Waals surface area contributed by atoms with Crippen LogP contribution >= 0.6 is 0 Å². The Morgan fingerprint density at radius 3 is 2.37 bits per heavy atom. The lowest BCUT2D eigenvalue weighted by molar-refractivity contribution is -0.885. The van der Waals surface area contributed by atoms with Crippen molar-refractivity contribution in [2.24, 2.45) is 0 Å². The average Bonchev–Trinajstić information content (AvgIpc) is 2.63. The SMILES string of the molecule is COC(=O)c1ccc(C)c(NC(=O)C[NH+](C)Cc2ccc(C(C)C)cc2)c1. The van der Waals surface area contributed by atoms with Gasteiger partial charge in [-0.25, -0.2) is 4.79 Å². The normalized spacial score (nSPS) is 11.9. The first-order valence-electron chi connectivity index (χ1n) is 9.19. The molecule has 0 aliphatic carbocycles. The molecule has 0 spiro atoms. The quantitative estimate of drug-likeness (QED) is 0.738. The summed E-state index contributed by atoms with van der Waals surface area (Å²) in [7, 11) is 3.33. The number of carbonyl (C=O) groups excluding carboxylic acids is 2. The van der Waals surface area contributed by atoms with Crippen LogP contribution in [-0.4, -0.2) is 32.6 Å². The number of aryl methyl sites for hydroxylation is 1. The zero-order valence-electron chi connectivity index (χ0n) is 16.8. The maximum atomic E-state index is 12.4. The number of amides is 1. The first kappa shape index (κ1) is 20.6. The summed E-state index contributed by atoms with van der Waals surface area (Å²) in [5.41, 5.74) is 4.47. The molecular formula is C22H29N2O3+. The van der Waals surface area contributed by atoms with Crippen LogP contribution in [0.5, 0.6) is 0 Å². The van der Waals surface area contributed by atoms with Crippen LogP contribution in [0.3, 0.4) is 0 Å². The first-order valence-corrected chi connectivity index (χ1v) is 9.19. The van der Waals surface area contributed by atoms with Gasteiger partial charge in [0, 0.05) is 11.3 Å². The fourth-order valence-electron chi connectivity index (χ4n) is 2.90. The highest BCUT2D eigenvalue weighted by Crippen LogP contribution is 2.17. The highest BCUT2D eigenvalue weighted by atomic mass is 16.5. The van der Waals surface area contributed by atoms with E-state index in [0.717, 1.165) is 17.0 Å². The third-order valence-electron chi connectivity index (χ3n) is 4.55. The lowest BCUT2D eigenvalue weighted by Gasteiger charge is -2.15. The van der Waals surface area contributed by atoms with Gasteiger partial charge >= 0.3 is 5.97 Å². The summed E-state index contributed by atoms with van der Waals surface area (Å²) >= 11 is 0. The Morgan fingerprint density at radius 2 is 1.78 bits per heavy atom. The number of benzene rings is 2. The second-order valence-corrected chi connectivity index (χ2v) is 7.28. The Labute approximate surface area is 161 Å². The van der Waals surface area contributed by atoms with Crippen molar-refractivity contribution >= 4 is 17.6 Å². The van der Waals surface area contributed by atoms with Gasteiger partial charge in [-0.15, -0.1) is 0 Å². The molecule has 2 rings (SSSR count). The Kier molecular flexibility index (Phi) is 7.13. The van der Waals surface area contributed by atoms with Crippen LogP contribution in [0.15, 0.2) is 42.5 Å². The minimum atomic E-state index is -0.418. The number of nitrogens with one attached hydrogen (secondary N) is 2. The number of ether oxygens (including phenoxy) is 1. The third-order valence-corrected chi connectivity index (χ3v) is 4.55. The minimum absolute atomic E-state index is 0.0867. The van der Waals surface area contributed by atoms with E-state index in [1.165, 1.54) is 18.2 Å². The van der Waals surface area contributed by atoms with Gasteiger partial charge in [0.1, 0.15) is 6.54 Å². The number of esters is 1. The first-order chi connectivity index (χ1) is 12.8. The van der Waals surface area contributed by atoms with Crippen molar-refractivity contribution in [3.63, 3.8) is 0 Å². The number of methoxy groups -OCH3 is 1. The third kappa shape index (κ3) is 5.93. The predicted molar refractivity (Wildman–Crippen MR) is 107 cm³/mol. The van der Waals surface area contributed by atoms with Crippen LogP contribution in [-0.2, 0) is 16.1 Å². The molecule has 0 aromatic heterocycles. The van der Waals surface area contributed by atoms with E-state index in [2.05, 4.69) is 43.4 Å². The monoisotopic (exact) mass is 369 g/mol. The molecule has 0 heterocycles. The summed E-state index contributed by atoms with van der Waals surface area (Å²) in [6, 6.07) is 13.7. The van der Waals surface area contributed by atoms with Crippen molar-refractivity contribution in [1.82, 2.24) is 0 Å². The largest absolute Gasteiger partial charge is 0.465 e. The van der Waals surface area contributed by atoms with E-state index in [4.69, 9.17) is 4.74 Å². The van der Waals surface area contributed by atoms with Crippen molar-refractivity contribution in [3.8, 4) is 0 Å². The number of rotatable bonds is 7. The predicted octanol–water partition coefficient (Wildman–Crippen LogP) is 2.56. The van der Waals surface area contributed by atoms with Gasteiger partial charge in [-0.1, -0.05) is 44.2 Å². The van der Waals surface area contributed by atoms with Crippen molar-refractivity contribution in [2.75, 3.05) is 26.0 Å². The molecule has 2 aromatic carbocycles. The van der Waals surface area contributed by atoms with Crippen molar-refractivity contribution in [2.45, 2.75) is 33.2 Å². The number of anilines is 1. The molecule has 144 valence electrons. The molecule has 27 heavy (non-hydrogen) atoms. The maximum Gasteiger partial charge on any atom is 0.337 e. The van der Waals surface area contributed by atoms with Gasteiger partial charge in [0.2, 0.25) is 0 Å². The minimum Gasteiger partial charge on any atom is -0.465 e. The van der Waals surface area contributed by atoms with Crippen LogP contribution in [0.4, 0.5) is 5.69 Å². The van der Waals surface area contributed by atoms with Crippen molar-refractivity contribution < 1.29 is 19.2 Å². The van der Waals surface area contributed by atoms with Gasteiger partial charge in [0.25, 0.3) is 5.91 Å².